The molecule has 2 rings (SSSR count). The van der Waals surface area contributed by atoms with Crippen LogP contribution in [0, 0.1) is 0 Å². The second-order valence-electron chi connectivity index (χ2n) is 6.61. The Bertz CT molecular complexity index is 423. The van der Waals surface area contributed by atoms with Crippen molar-refractivity contribution in [1.82, 2.24) is 5.32 Å². The van der Waals surface area contributed by atoms with E-state index in [1.165, 1.54) is 11.1 Å². The van der Waals surface area contributed by atoms with Gasteiger partial charge in [-0.1, -0.05) is 38.1 Å². The summed E-state index contributed by atoms with van der Waals surface area (Å²) in [6.45, 7) is 9.66. The van der Waals surface area contributed by atoms with E-state index in [1.807, 2.05) is 0 Å². The molecule has 1 aliphatic heterocycles. The van der Waals surface area contributed by atoms with E-state index in [2.05, 4.69) is 57.3 Å². The summed E-state index contributed by atoms with van der Waals surface area (Å²) in [5, 5.41) is 12.5. The molecular weight excluding hydrogens is 238 g/mol. The maximum atomic E-state index is 8.95. The predicted octanol–water partition coefficient (Wildman–Crippen LogP) is 2.22. The Morgan fingerprint density at radius 3 is 2.42 bits per heavy atom. The summed E-state index contributed by atoms with van der Waals surface area (Å²) in [6.07, 6.45) is 0.748. The standard InChI is InChI=1S/C16H25NO2/c1-15(2)11-19-14(17-15)16(3,4)13-7-5-12(6-8-13)9-10-18/h5-8,14,17-18H,9-11H2,1-4H3. The van der Waals surface area contributed by atoms with E-state index < -0.39 is 0 Å². The summed E-state index contributed by atoms with van der Waals surface area (Å²) in [5.41, 5.74) is 2.39. The fraction of sp³-hybridized carbons (Fsp3) is 0.625. The molecule has 0 saturated carbocycles. The van der Waals surface area contributed by atoms with Crippen LogP contribution in [0.15, 0.2) is 24.3 Å². The van der Waals surface area contributed by atoms with Gasteiger partial charge in [0.2, 0.25) is 0 Å². The van der Waals surface area contributed by atoms with Crippen molar-refractivity contribution in [2.24, 2.45) is 0 Å². The molecule has 1 heterocycles. The van der Waals surface area contributed by atoms with Crippen LogP contribution < -0.4 is 5.32 Å². The third-order valence-corrected chi connectivity index (χ3v) is 3.89. The molecule has 1 aliphatic rings. The number of benzene rings is 1. The van der Waals surface area contributed by atoms with Crippen molar-refractivity contribution in [3.8, 4) is 0 Å². The number of nitrogens with one attached hydrogen (secondary N) is 1. The quantitative estimate of drug-likeness (QED) is 0.875. The Hall–Kier alpha value is -0.900. The molecule has 1 unspecified atom stereocenters. The predicted molar refractivity (Wildman–Crippen MR) is 77.2 cm³/mol. The third kappa shape index (κ3) is 3.16. The SMILES string of the molecule is CC1(C)COC(C(C)(C)c2ccc(CCO)cc2)N1. The summed E-state index contributed by atoms with van der Waals surface area (Å²) >= 11 is 0. The highest BCUT2D eigenvalue weighted by atomic mass is 16.5. The van der Waals surface area contributed by atoms with Crippen LogP contribution in [-0.2, 0) is 16.6 Å². The number of rotatable bonds is 4. The fourth-order valence-corrected chi connectivity index (χ4v) is 2.50. The zero-order chi connectivity index (χ0) is 14.1. The smallest absolute Gasteiger partial charge is 0.117 e. The molecule has 1 atom stereocenters. The van der Waals surface area contributed by atoms with E-state index in [0.717, 1.165) is 6.61 Å². The minimum absolute atomic E-state index is 0.0335. The van der Waals surface area contributed by atoms with Crippen LogP contribution in [0.3, 0.4) is 0 Å². The molecule has 2 N–H and O–H groups in total. The third-order valence-electron chi connectivity index (χ3n) is 3.89. The number of aliphatic hydroxyl groups is 1. The highest BCUT2D eigenvalue weighted by molar-refractivity contribution is 5.29. The first-order valence-corrected chi connectivity index (χ1v) is 6.95. The topological polar surface area (TPSA) is 41.5 Å². The van der Waals surface area contributed by atoms with Gasteiger partial charge >= 0.3 is 0 Å². The maximum Gasteiger partial charge on any atom is 0.117 e. The second kappa shape index (κ2) is 5.23. The minimum atomic E-state index is -0.0779. The average molecular weight is 263 g/mol. The van der Waals surface area contributed by atoms with Crippen molar-refractivity contribution in [1.29, 1.82) is 0 Å². The largest absolute Gasteiger partial charge is 0.396 e. The molecule has 0 radical (unpaired) electrons. The zero-order valence-electron chi connectivity index (χ0n) is 12.4. The van der Waals surface area contributed by atoms with E-state index >= 15 is 0 Å². The van der Waals surface area contributed by atoms with Crippen molar-refractivity contribution < 1.29 is 9.84 Å². The molecule has 1 aromatic carbocycles. The minimum Gasteiger partial charge on any atom is -0.396 e. The zero-order valence-corrected chi connectivity index (χ0v) is 12.4. The van der Waals surface area contributed by atoms with Gasteiger partial charge in [0.25, 0.3) is 0 Å². The fourth-order valence-electron chi connectivity index (χ4n) is 2.50. The van der Waals surface area contributed by atoms with Gasteiger partial charge in [0.05, 0.1) is 6.61 Å². The molecule has 19 heavy (non-hydrogen) atoms. The van der Waals surface area contributed by atoms with Crippen LogP contribution >= 0.6 is 0 Å². The monoisotopic (exact) mass is 263 g/mol. The summed E-state index contributed by atoms with van der Waals surface area (Å²) in [4.78, 5) is 0. The van der Waals surface area contributed by atoms with Crippen molar-refractivity contribution in [3.05, 3.63) is 35.4 Å². The van der Waals surface area contributed by atoms with E-state index in [-0.39, 0.29) is 23.8 Å². The Morgan fingerprint density at radius 2 is 1.95 bits per heavy atom. The maximum absolute atomic E-state index is 8.95. The summed E-state index contributed by atoms with van der Waals surface area (Å²) < 4.78 is 5.91. The van der Waals surface area contributed by atoms with Gasteiger partial charge in [-0.2, -0.15) is 0 Å². The number of hydrogen-bond donors (Lipinski definition) is 2. The molecule has 0 aliphatic carbocycles. The van der Waals surface area contributed by atoms with Gasteiger partial charge in [-0.3, -0.25) is 5.32 Å². The molecule has 0 bridgehead atoms. The van der Waals surface area contributed by atoms with Crippen LogP contribution in [0.25, 0.3) is 0 Å². The van der Waals surface area contributed by atoms with E-state index in [4.69, 9.17) is 9.84 Å². The van der Waals surface area contributed by atoms with Crippen molar-refractivity contribution in [2.75, 3.05) is 13.2 Å². The number of hydrogen-bond acceptors (Lipinski definition) is 3. The summed E-state index contributed by atoms with van der Waals surface area (Å²) in [5.74, 6) is 0. The van der Waals surface area contributed by atoms with E-state index in [1.54, 1.807) is 0 Å². The van der Waals surface area contributed by atoms with Crippen LogP contribution in [0.2, 0.25) is 0 Å². The van der Waals surface area contributed by atoms with Gasteiger partial charge in [0, 0.05) is 17.6 Å². The highest BCUT2D eigenvalue weighted by Crippen LogP contribution is 2.32. The first kappa shape index (κ1) is 14.5. The molecule has 0 spiro atoms. The molecule has 1 aromatic rings. The van der Waals surface area contributed by atoms with Gasteiger partial charge in [0.15, 0.2) is 0 Å². The summed E-state index contributed by atoms with van der Waals surface area (Å²) in [6, 6.07) is 8.46. The van der Waals surface area contributed by atoms with Crippen LogP contribution in [0.1, 0.15) is 38.8 Å². The van der Waals surface area contributed by atoms with Crippen molar-refractivity contribution in [2.45, 2.75) is 51.3 Å². The molecular formula is C16H25NO2. The molecule has 1 saturated heterocycles. The second-order valence-corrected chi connectivity index (χ2v) is 6.61. The number of aliphatic hydroxyl groups excluding tert-OH is 1. The van der Waals surface area contributed by atoms with Crippen molar-refractivity contribution >= 4 is 0 Å². The lowest BCUT2D eigenvalue weighted by Crippen LogP contribution is -2.47. The molecule has 1 fully saturated rings. The Labute approximate surface area is 116 Å². The normalized spacial score (nSPS) is 22.7. The van der Waals surface area contributed by atoms with Gasteiger partial charge in [-0.15, -0.1) is 0 Å². The molecule has 3 nitrogen and oxygen atoms in total. The Kier molecular flexibility index (Phi) is 4.00. The highest BCUT2D eigenvalue weighted by Gasteiger charge is 2.41. The first-order valence-electron chi connectivity index (χ1n) is 6.95. The van der Waals surface area contributed by atoms with Gasteiger partial charge in [-0.25, -0.2) is 0 Å². The van der Waals surface area contributed by atoms with Gasteiger partial charge < -0.3 is 9.84 Å². The lowest BCUT2D eigenvalue weighted by molar-refractivity contribution is 0.0451. The van der Waals surface area contributed by atoms with Crippen LogP contribution in [0.5, 0.6) is 0 Å². The Morgan fingerprint density at radius 1 is 1.32 bits per heavy atom. The van der Waals surface area contributed by atoms with Crippen LogP contribution in [-0.4, -0.2) is 30.1 Å². The first-order chi connectivity index (χ1) is 8.85. The number of ether oxygens (including phenoxy) is 1. The summed E-state index contributed by atoms with van der Waals surface area (Å²) in [7, 11) is 0. The van der Waals surface area contributed by atoms with E-state index in [0.29, 0.717) is 6.42 Å². The van der Waals surface area contributed by atoms with E-state index in [9.17, 15) is 0 Å². The molecule has 0 amide bonds. The molecule has 3 heteroatoms. The Balaban J connectivity index is 2.15. The molecule has 106 valence electrons. The molecule has 0 aromatic heterocycles. The lowest BCUT2D eigenvalue weighted by atomic mass is 9.82. The van der Waals surface area contributed by atoms with Gasteiger partial charge in [0.1, 0.15) is 6.23 Å². The van der Waals surface area contributed by atoms with Crippen molar-refractivity contribution in [3.63, 3.8) is 0 Å². The lowest BCUT2D eigenvalue weighted by Gasteiger charge is -2.32. The van der Waals surface area contributed by atoms with Gasteiger partial charge in [-0.05, 0) is 31.4 Å². The van der Waals surface area contributed by atoms with Crippen LogP contribution in [0.4, 0.5) is 0 Å². The average Bonchev–Trinajstić information content (AvgIpc) is 2.71.